The average Bonchev–Trinajstić information content (AvgIpc) is 2.89. The van der Waals surface area contributed by atoms with Gasteiger partial charge in [0.15, 0.2) is 0 Å². The third-order valence-corrected chi connectivity index (χ3v) is 4.36. The summed E-state index contributed by atoms with van der Waals surface area (Å²) < 4.78 is 2.07. The third-order valence-electron chi connectivity index (χ3n) is 4.36. The molecule has 4 heteroatoms. The first-order valence-corrected chi connectivity index (χ1v) is 8.30. The Morgan fingerprint density at radius 1 is 1.16 bits per heavy atom. The van der Waals surface area contributed by atoms with Gasteiger partial charge in [-0.3, -0.25) is 0 Å². The number of hydrogen-bond acceptors (Lipinski definition) is 3. The van der Waals surface area contributed by atoms with Crippen LogP contribution in [0.5, 0.6) is 0 Å². The largest absolute Gasteiger partial charge is 0.350 e. The van der Waals surface area contributed by atoms with Crippen LogP contribution in [0.2, 0.25) is 0 Å². The molecule has 0 aliphatic rings. The number of oxime groups is 1. The van der Waals surface area contributed by atoms with Crippen LogP contribution >= 0.6 is 0 Å². The number of carbonyl (C=O) groups is 1. The number of carbonyl (C=O) groups excluding carboxylic acids is 1. The molecule has 0 bridgehead atoms. The number of aryl methyl sites for hydroxylation is 3. The molecule has 2 aromatic carbocycles. The Kier molecular flexibility index (Phi) is 4.70. The molecule has 0 spiro atoms. The van der Waals surface area contributed by atoms with Crippen molar-refractivity contribution in [2.45, 2.75) is 27.2 Å². The van der Waals surface area contributed by atoms with Crippen LogP contribution in [0.15, 0.2) is 53.8 Å². The van der Waals surface area contributed by atoms with Gasteiger partial charge in [0.25, 0.3) is 0 Å². The van der Waals surface area contributed by atoms with Crippen LogP contribution in [0.25, 0.3) is 10.9 Å². The molecule has 0 aliphatic carbocycles. The van der Waals surface area contributed by atoms with Gasteiger partial charge < -0.3 is 9.40 Å². The van der Waals surface area contributed by atoms with Crippen LogP contribution in [-0.2, 0) is 23.1 Å². The van der Waals surface area contributed by atoms with E-state index in [1.807, 2.05) is 25.4 Å². The zero-order chi connectivity index (χ0) is 18.0. The van der Waals surface area contributed by atoms with Gasteiger partial charge in [-0.25, -0.2) is 4.79 Å². The molecule has 1 heterocycles. The lowest BCUT2D eigenvalue weighted by atomic mass is 9.98. The van der Waals surface area contributed by atoms with E-state index in [0.29, 0.717) is 6.42 Å². The minimum Gasteiger partial charge on any atom is -0.350 e. The molecule has 1 aromatic heterocycles. The Morgan fingerprint density at radius 2 is 1.92 bits per heavy atom. The highest BCUT2D eigenvalue weighted by atomic mass is 16.7. The first-order chi connectivity index (χ1) is 12.0. The standard InChI is InChI=1S/C21H22N2O2/c1-14-9-10-21-18(11-14)19(13-23(21)4)20(22-25-16(3)24)12-17-8-6-5-7-15(17)2/h5-11,13H,12H2,1-4H3/b22-20+. The first kappa shape index (κ1) is 17.0. The molecule has 0 saturated heterocycles. The van der Waals surface area contributed by atoms with Crippen molar-refractivity contribution in [3.63, 3.8) is 0 Å². The van der Waals surface area contributed by atoms with Gasteiger partial charge in [-0.1, -0.05) is 41.1 Å². The van der Waals surface area contributed by atoms with Gasteiger partial charge in [-0.05, 0) is 37.1 Å². The van der Waals surface area contributed by atoms with E-state index in [0.717, 1.165) is 27.7 Å². The number of benzene rings is 2. The van der Waals surface area contributed by atoms with Gasteiger partial charge in [0, 0.05) is 43.1 Å². The summed E-state index contributed by atoms with van der Waals surface area (Å²) in [5, 5.41) is 5.29. The van der Waals surface area contributed by atoms with Crippen molar-refractivity contribution in [1.82, 2.24) is 4.57 Å². The van der Waals surface area contributed by atoms with E-state index in [1.54, 1.807) is 0 Å². The van der Waals surface area contributed by atoms with Crippen LogP contribution in [0.1, 0.15) is 29.2 Å². The molecule has 0 unspecified atom stereocenters. The van der Waals surface area contributed by atoms with E-state index in [-0.39, 0.29) is 0 Å². The molecule has 0 saturated carbocycles. The molecule has 0 radical (unpaired) electrons. The van der Waals surface area contributed by atoms with Crippen LogP contribution in [0.3, 0.4) is 0 Å². The second-order valence-electron chi connectivity index (χ2n) is 6.40. The van der Waals surface area contributed by atoms with Gasteiger partial charge in [0.1, 0.15) is 0 Å². The predicted molar refractivity (Wildman–Crippen MR) is 101 cm³/mol. The lowest BCUT2D eigenvalue weighted by Crippen LogP contribution is -2.08. The highest BCUT2D eigenvalue weighted by molar-refractivity contribution is 6.11. The van der Waals surface area contributed by atoms with Crippen molar-refractivity contribution in [3.05, 3.63) is 70.9 Å². The minimum absolute atomic E-state index is 0.418. The number of aromatic nitrogens is 1. The van der Waals surface area contributed by atoms with Gasteiger partial charge in [0.05, 0.1) is 5.71 Å². The van der Waals surface area contributed by atoms with Crippen molar-refractivity contribution < 1.29 is 9.63 Å². The molecule has 0 atom stereocenters. The van der Waals surface area contributed by atoms with E-state index >= 15 is 0 Å². The van der Waals surface area contributed by atoms with E-state index in [1.165, 1.54) is 18.1 Å². The summed E-state index contributed by atoms with van der Waals surface area (Å²) in [6.07, 6.45) is 2.65. The van der Waals surface area contributed by atoms with Gasteiger partial charge in [-0.15, -0.1) is 0 Å². The van der Waals surface area contributed by atoms with Crippen LogP contribution in [0, 0.1) is 13.8 Å². The Balaban J connectivity index is 2.12. The van der Waals surface area contributed by atoms with E-state index in [4.69, 9.17) is 4.84 Å². The van der Waals surface area contributed by atoms with Crippen molar-refractivity contribution in [2.75, 3.05) is 0 Å². The van der Waals surface area contributed by atoms with Crippen molar-refractivity contribution >= 4 is 22.6 Å². The Labute approximate surface area is 147 Å². The van der Waals surface area contributed by atoms with Crippen molar-refractivity contribution in [3.8, 4) is 0 Å². The molecule has 0 aliphatic heterocycles. The summed E-state index contributed by atoms with van der Waals surface area (Å²) in [4.78, 5) is 16.3. The predicted octanol–water partition coefficient (Wildman–Crippen LogP) is 4.31. The summed E-state index contributed by atoms with van der Waals surface area (Å²) in [7, 11) is 2.01. The molecule has 0 fully saturated rings. The van der Waals surface area contributed by atoms with Crippen molar-refractivity contribution in [1.29, 1.82) is 0 Å². The van der Waals surface area contributed by atoms with Gasteiger partial charge in [0.2, 0.25) is 0 Å². The molecule has 4 nitrogen and oxygen atoms in total. The summed E-state index contributed by atoms with van der Waals surface area (Å²) >= 11 is 0. The maximum atomic E-state index is 11.3. The minimum atomic E-state index is -0.418. The summed E-state index contributed by atoms with van der Waals surface area (Å²) in [5.74, 6) is -0.418. The Bertz CT molecular complexity index is 967. The number of fused-ring (bicyclic) bond motifs is 1. The smallest absolute Gasteiger partial charge is 0.331 e. The summed E-state index contributed by atoms with van der Waals surface area (Å²) in [6, 6.07) is 14.5. The summed E-state index contributed by atoms with van der Waals surface area (Å²) in [6.45, 7) is 5.51. The maximum absolute atomic E-state index is 11.3. The molecule has 0 amide bonds. The molecular weight excluding hydrogens is 312 g/mol. The quantitative estimate of drug-likeness (QED) is 0.405. The SMILES string of the molecule is CC(=O)O/N=C(\Cc1ccccc1C)c1cn(C)c2ccc(C)cc12. The topological polar surface area (TPSA) is 43.6 Å². The maximum Gasteiger partial charge on any atom is 0.331 e. The zero-order valence-electron chi connectivity index (χ0n) is 15.0. The lowest BCUT2D eigenvalue weighted by molar-refractivity contribution is -0.140. The summed E-state index contributed by atoms with van der Waals surface area (Å²) in [5.41, 5.74) is 6.41. The highest BCUT2D eigenvalue weighted by Gasteiger charge is 2.15. The van der Waals surface area contributed by atoms with Crippen LogP contribution in [0.4, 0.5) is 0 Å². The molecular formula is C21H22N2O2. The monoisotopic (exact) mass is 334 g/mol. The molecule has 3 aromatic rings. The van der Waals surface area contributed by atoms with E-state index < -0.39 is 5.97 Å². The highest BCUT2D eigenvalue weighted by Crippen LogP contribution is 2.24. The Morgan fingerprint density at radius 3 is 2.64 bits per heavy atom. The average molecular weight is 334 g/mol. The number of rotatable bonds is 4. The van der Waals surface area contributed by atoms with E-state index in [2.05, 4.69) is 53.9 Å². The second-order valence-corrected chi connectivity index (χ2v) is 6.40. The van der Waals surface area contributed by atoms with E-state index in [9.17, 15) is 4.79 Å². The number of nitrogens with zero attached hydrogens (tertiary/aromatic N) is 2. The first-order valence-electron chi connectivity index (χ1n) is 8.30. The third kappa shape index (κ3) is 3.63. The van der Waals surface area contributed by atoms with Crippen molar-refractivity contribution in [2.24, 2.45) is 12.2 Å². The molecule has 0 N–H and O–H groups in total. The number of hydrogen-bond donors (Lipinski definition) is 0. The molecule has 3 rings (SSSR count). The fourth-order valence-electron chi connectivity index (χ4n) is 3.02. The van der Waals surface area contributed by atoms with Crippen LogP contribution in [-0.4, -0.2) is 16.2 Å². The lowest BCUT2D eigenvalue weighted by Gasteiger charge is -2.08. The normalized spacial score (nSPS) is 11.8. The second kappa shape index (κ2) is 6.93. The Hall–Kier alpha value is -2.88. The molecule has 25 heavy (non-hydrogen) atoms. The fourth-order valence-corrected chi connectivity index (χ4v) is 3.02. The van der Waals surface area contributed by atoms with Gasteiger partial charge >= 0.3 is 5.97 Å². The van der Waals surface area contributed by atoms with Gasteiger partial charge in [-0.2, -0.15) is 0 Å². The zero-order valence-corrected chi connectivity index (χ0v) is 15.0. The molecule has 128 valence electrons. The van der Waals surface area contributed by atoms with Crippen LogP contribution < -0.4 is 0 Å². The fraction of sp³-hybridized carbons (Fsp3) is 0.238.